The molecule has 0 unspecified atom stereocenters. The van der Waals surface area contributed by atoms with Gasteiger partial charge in [-0.25, -0.2) is 0 Å². The van der Waals surface area contributed by atoms with Gasteiger partial charge in [0.1, 0.15) is 0 Å². The second-order valence-electron chi connectivity index (χ2n) is 6.14. The van der Waals surface area contributed by atoms with Gasteiger partial charge in [0.15, 0.2) is 0 Å². The van der Waals surface area contributed by atoms with Crippen molar-refractivity contribution in [2.45, 2.75) is 52.0 Å². The molecule has 1 aliphatic rings. The van der Waals surface area contributed by atoms with Crippen molar-refractivity contribution in [2.75, 3.05) is 13.1 Å². The van der Waals surface area contributed by atoms with Crippen LogP contribution in [0.3, 0.4) is 0 Å². The first-order valence-corrected chi connectivity index (χ1v) is 6.65. The van der Waals surface area contributed by atoms with E-state index in [1.165, 1.54) is 31.6 Å². The first-order valence-electron chi connectivity index (χ1n) is 6.65. The number of likely N-dealkylation sites (tertiary alicyclic amines) is 1. The van der Waals surface area contributed by atoms with Crippen molar-refractivity contribution in [3.8, 4) is 0 Å². The minimum Gasteiger partial charge on any atom is -0.298 e. The first kappa shape index (κ1) is 12.6. The predicted octanol–water partition coefficient (Wildman–Crippen LogP) is 3.37. The standard InChI is InChI=1S/C15H24N2/c1-12-6-5-7-14(16-12)13-8-10-17(11-9-13)15(2,3)4/h5-7,13H,8-11H2,1-4H3. The molecule has 2 heterocycles. The summed E-state index contributed by atoms with van der Waals surface area (Å²) in [4.78, 5) is 7.25. The summed E-state index contributed by atoms with van der Waals surface area (Å²) in [6, 6.07) is 6.39. The molecule has 0 bridgehead atoms. The van der Waals surface area contributed by atoms with Crippen LogP contribution in [0.25, 0.3) is 0 Å². The summed E-state index contributed by atoms with van der Waals surface area (Å²) >= 11 is 0. The number of hydrogen-bond donors (Lipinski definition) is 0. The lowest BCUT2D eigenvalue weighted by molar-refractivity contribution is 0.101. The number of nitrogens with zero attached hydrogens (tertiary/aromatic N) is 2. The second-order valence-corrected chi connectivity index (χ2v) is 6.14. The van der Waals surface area contributed by atoms with Gasteiger partial charge in [-0.2, -0.15) is 0 Å². The fourth-order valence-electron chi connectivity index (χ4n) is 2.64. The second kappa shape index (κ2) is 4.77. The van der Waals surface area contributed by atoms with E-state index in [-0.39, 0.29) is 0 Å². The topological polar surface area (TPSA) is 16.1 Å². The minimum atomic E-state index is 0.311. The predicted molar refractivity (Wildman–Crippen MR) is 72.3 cm³/mol. The molecule has 0 amide bonds. The van der Waals surface area contributed by atoms with Crippen molar-refractivity contribution >= 4 is 0 Å². The zero-order valence-corrected chi connectivity index (χ0v) is 11.5. The van der Waals surface area contributed by atoms with Crippen molar-refractivity contribution in [3.63, 3.8) is 0 Å². The van der Waals surface area contributed by atoms with Crippen LogP contribution in [0.2, 0.25) is 0 Å². The van der Waals surface area contributed by atoms with Gasteiger partial charge in [-0.15, -0.1) is 0 Å². The summed E-state index contributed by atoms with van der Waals surface area (Å²) in [5.41, 5.74) is 2.74. The number of hydrogen-bond acceptors (Lipinski definition) is 2. The van der Waals surface area contributed by atoms with Crippen LogP contribution in [-0.4, -0.2) is 28.5 Å². The van der Waals surface area contributed by atoms with Gasteiger partial charge in [-0.05, 0) is 65.8 Å². The summed E-state index contributed by atoms with van der Waals surface area (Å²) in [5.74, 6) is 0.661. The monoisotopic (exact) mass is 232 g/mol. The van der Waals surface area contributed by atoms with Crippen LogP contribution in [0.1, 0.15) is 50.9 Å². The van der Waals surface area contributed by atoms with E-state index < -0.39 is 0 Å². The molecule has 1 aliphatic heterocycles. The largest absolute Gasteiger partial charge is 0.298 e. The highest BCUT2D eigenvalue weighted by Gasteiger charge is 2.27. The van der Waals surface area contributed by atoms with Crippen LogP contribution in [0, 0.1) is 6.92 Å². The summed E-state index contributed by atoms with van der Waals surface area (Å²) in [5, 5.41) is 0. The molecular formula is C15H24N2. The average molecular weight is 232 g/mol. The highest BCUT2D eigenvalue weighted by molar-refractivity contribution is 5.14. The highest BCUT2D eigenvalue weighted by Crippen LogP contribution is 2.29. The lowest BCUT2D eigenvalue weighted by Gasteiger charge is -2.40. The number of aryl methyl sites for hydroxylation is 1. The van der Waals surface area contributed by atoms with Crippen LogP contribution in [0.5, 0.6) is 0 Å². The van der Waals surface area contributed by atoms with Crippen LogP contribution >= 0.6 is 0 Å². The molecule has 0 aliphatic carbocycles. The van der Waals surface area contributed by atoms with Crippen molar-refractivity contribution in [3.05, 3.63) is 29.6 Å². The van der Waals surface area contributed by atoms with E-state index in [0.29, 0.717) is 11.5 Å². The van der Waals surface area contributed by atoms with Crippen LogP contribution in [0.4, 0.5) is 0 Å². The Balaban J connectivity index is 2.00. The van der Waals surface area contributed by atoms with Crippen molar-refractivity contribution in [1.82, 2.24) is 9.88 Å². The molecular weight excluding hydrogens is 208 g/mol. The fraction of sp³-hybridized carbons (Fsp3) is 0.667. The van der Waals surface area contributed by atoms with Gasteiger partial charge in [0.05, 0.1) is 0 Å². The van der Waals surface area contributed by atoms with Crippen LogP contribution in [-0.2, 0) is 0 Å². The SMILES string of the molecule is Cc1cccc(C2CCN(C(C)(C)C)CC2)n1. The Morgan fingerprint density at radius 3 is 2.35 bits per heavy atom. The third-order valence-corrected chi connectivity index (χ3v) is 3.77. The molecule has 0 N–H and O–H groups in total. The van der Waals surface area contributed by atoms with Crippen LogP contribution in [0.15, 0.2) is 18.2 Å². The summed E-state index contributed by atoms with van der Waals surface area (Å²) in [7, 11) is 0. The van der Waals surface area contributed by atoms with Gasteiger partial charge >= 0.3 is 0 Å². The maximum absolute atomic E-state index is 4.67. The zero-order valence-electron chi connectivity index (χ0n) is 11.5. The first-order chi connectivity index (χ1) is 7.97. The Labute approximate surface area is 105 Å². The number of pyridine rings is 1. The number of piperidine rings is 1. The molecule has 0 spiro atoms. The zero-order chi connectivity index (χ0) is 12.5. The summed E-state index contributed by atoms with van der Waals surface area (Å²) in [6.07, 6.45) is 2.49. The number of rotatable bonds is 1. The van der Waals surface area contributed by atoms with E-state index >= 15 is 0 Å². The summed E-state index contributed by atoms with van der Waals surface area (Å²) in [6.45, 7) is 11.4. The quantitative estimate of drug-likeness (QED) is 0.738. The molecule has 0 radical (unpaired) electrons. The van der Waals surface area contributed by atoms with Gasteiger partial charge in [0, 0.05) is 22.8 Å². The number of aromatic nitrogens is 1. The Hall–Kier alpha value is -0.890. The minimum absolute atomic E-state index is 0.311. The molecule has 2 nitrogen and oxygen atoms in total. The van der Waals surface area contributed by atoms with E-state index in [1.54, 1.807) is 0 Å². The molecule has 1 aromatic rings. The van der Waals surface area contributed by atoms with Crippen molar-refractivity contribution < 1.29 is 0 Å². The van der Waals surface area contributed by atoms with Gasteiger partial charge in [0.2, 0.25) is 0 Å². The smallest absolute Gasteiger partial charge is 0.0438 e. The van der Waals surface area contributed by atoms with Crippen molar-refractivity contribution in [2.24, 2.45) is 0 Å². The molecule has 0 atom stereocenters. The van der Waals surface area contributed by atoms with Gasteiger partial charge in [0.25, 0.3) is 0 Å². The molecule has 94 valence electrons. The molecule has 2 rings (SSSR count). The third-order valence-electron chi connectivity index (χ3n) is 3.77. The molecule has 2 heteroatoms. The Bertz CT molecular complexity index is 371. The molecule has 1 fully saturated rings. The Morgan fingerprint density at radius 2 is 1.82 bits per heavy atom. The summed E-state index contributed by atoms with van der Waals surface area (Å²) < 4.78 is 0. The molecule has 1 aromatic heterocycles. The maximum Gasteiger partial charge on any atom is 0.0438 e. The Kier molecular flexibility index (Phi) is 3.53. The van der Waals surface area contributed by atoms with E-state index in [9.17, 15) is 0 Å². The lowest BCUT2D eigenvalue weighted by Crippen LogP contribution is -2.45. The van der Waals surface area contributed by atoms with E-state index in [4.69, 9.17) is 0 Å². The molecule has 0 saturated carbocycles. The molecule has 0 aromatic carbocycles. The van der Waals surface area contributed by atoms with E-state index in [1.807, 2.05) is 0 Å². The normalized spacial score (nSPS) is 19.5. The van der Waals surface area contributed by atoms with E-state index in [0.717, 1.165) is 5.69 Å². The van der Waals surface area contributed by atoms with E-state index in [2.05, 4.69) is 55.8 Å². The van der Waals surface area contributed by atoms with Gasteiger partial charge in [-0.3, -0.25) is 9.88 Å². The average Bonchev–Trinajstić information content (AvgIpc) is 2.28. The Morgan fingerprint density at radius 1 is 1.18 bits per heavy atom. The fourth-order valence-corrected chi connectivity index (χ4v) is 2.64. The van der Waals surface area contributed by atoms with Crippen molar-refractivity contribution in [1.29, 1.82) is 0 Å². The molecule has 1 saturated heterocycles. The van der Waals surface area contributed by atoms with Gasteiger partial charge < -0.3 is 0 Å². The third kappa shape index (κ3) is 3.06. The van der Waals surface area contributed by atoms with Gasteiger partial charge in [-0.1, -0.05) is 6.07 Å². The maximum atomic E-state index is 4.67. The highest BCUT2D eigenvalue weighted by atomic mass is 15.2. The molecule has 17 heavy (non-hydrogen) atoms. The lowest BCUT2D eigenvalue weighted by atomic mass is 9.90. The van der Waals surface area contributed by atoms with Crippen LogP contribution < -0.4 is 0 Å².